The number of unbranched alkanes of at least 4 members (excludes halogenated alkanes) is 4. The minimum atomic E-state index is -0.241. The van der Waals surface area contributed by atoms with E-state index < -0.39 is 0 Å². The van der Waals surface area contributed by atoms with Crippen molar-refractivity contribution in [3.8, 4) is 0 Å². The molecule has 0 spiro atoms. The molecule has 0 aromatic heterocycles. The van der Waals surface area contributed by atoms with Gasteiger partial charge in [0.1, 0.15) is 11.2 Å². The van der Waals surface area contributed by atoms with Crippen molar-refractivity contribution in [2.75, 3.05) is 11.5 Å². The summed E-state index contributed by atoms with van der Waals surface area (Å²) < 4.78 is 11.0. The van der Waals surface area contributed by atoms with E-state index in [2.05, 4.69) is 76.7 Å². The Balaban J connectivity index is -0.000000487. The summed E-state index contributed by atoms with van der Waals surface area (Å²) in [4.78, 5) is 27.1. The predicted molar refractivity (Wildman–Crippen MR) is 152 cm³/mol. The second kappa shape index (κ2) is 25.5. The quantitative estimate of drug-likeness (QED) is 0.0803. The molecule has 0 bridgehead atoms. The van der Waals surface area contributed by atoms with Gasteiger partial charge in [-0.15, -0.1) is 0 Å². The topological polar surface area (TPSA) is 52.6 Å². The fourth-order valence-corrected chi connectivity index (χ4v) is 3.67. The van der Waals surface area contributed by atoms with E-state index in [1.165, 1.54) is 25.7 Å². The molecule has 0 fully saturated rings. The monoisotopic (exact) mass is 614 g/mol. The second-order valence-electron chi connectivity index (χ2n) is 8.46. The first kappa shape index (κ1) is 38.0. The van der Waals surface area contributed by atoms with Crippen LogP contribution in [0.2, 0.25) is 9.88 Å². The molecule has 0 amide bonds. The molecule has 0 rings (SSSR count). The van der Waals surface area contributed by atoms with E-state index in [1.807, 2.05) is 0 Å². The zero-order valence-electron chi connectivity index (χ0n) is 22.9. The standard InChI is InChI=1S/2C12H24O2S.2CH3.Sn/c2*1-4-7-8-9-12(5-2,6-3)14-11(13)10-15;;;/h2*15H,4-10H2,1-3H3;2*1H3;. The Hall–Kier alpha value is 0.439. The van der Waals surface area contributed by atoms with Crippen LogP contribution in [-0.4, -0.2) is 55.8 Å². The molecular formula is C26H54O4S2Sn. The van der Waals surface area contributed by atoms with Crippen LogP contribution < -0.4 is 0 Å². The maximum atomic E-state index is 11.3. The molecule has 0 heterocycles. The van der Waals surface area contributed by atoms with E-state index in [9.17, 15) is 9.59 Å². The number of carbonyl (C=O) groups is 2. The number of hydrogen-bond donors (Lipinski definition) is 2. The summed E-state index contributed by atoms with van der Waals surface area (Å²) >= 11 is 8.11. The van der Waals surface area contributed by atoms with Gasteiger partial charge >= 0.3 is 43.0 Å². The molecule has 2 radical (unpaired) electrons. The molecule has 0 aromatic rings. The van der Waals surface area contributed by atoms with Gasteiger partial charge in [0.25, 0.3) is 0 Å². The Morgan fingerprint density at radius 3 is 1.09 bits per heavy atom. The van der Waals surface area contributed by atoms with Crippen LogP contribution in [0, 0.1) is 0 Å². The molecule has 0 aliphatic rings. The average Bonchev–Trinajstić information content (AvgIpc) is 2.83. The number of rotatable bonds is 16. The van der Waals surface area contributed by atoms with Crippen LogP contribution in [-0.2, 0) is 19.1 Å². The van der Waals surface area contributed by atoms with E-state index in [0.717, 1.165) is 51.4 Å². The number of ether oxygens (including phenoxy) is 2. The summed E-state index contributed by atoms with van der Waals surface area (Å²) in [6, 6.07) is 0. The van der Waals surface area contributed by atoms with Crippen LogP contribution in [0.4, 0.5) is 0 Å². The van der Waals surface area contributed by atoms with Gasteiger partial charge in [-0.25, -0.2) is 0 Å². The van der Waals surface area contributed by atoms with Gasteiger partial charge < -0.3 is 9.47 Å². The predicted octanol–water partition coefficient (Wildman–Crippen LogP) is 7.98. The second-order valence-corrected chi connectivity index (χ2v) is 11.9. The van der Waals surface area contributed by atoms with Gasteiger partial charge in [0.05, 0.1) is 11.5 Å². The molecule has 0 saturated carbocycles. The summed E-state index contributed by atoms with van der Waals surface area (Å²) in [5.41, 5.74) is -0.482. The van der Waals surface area contributed by atoms with Crippen LogP contribution in [0.3, 0.4) is 0 Å². The first-order valence-electron chi connectivity index (χ1n) is 12.9. The maximum absolute atomic E-state index is 11.3. The van der Waals surface area contributed by atoms with E-state index in [4.69, 9.17) is 9.47 Å². The van der Waals surface area contributed by atoms with Gasteiger partial charge in [-0.2, -0.15) is 25.3 Å². The van der Waals surface area contributed by atoms with Crippen molar-refractivity contribution >= 4 is 58.3 Å². The van der Waals surface area contributed by atoms with Gasteiger partial charge in [0.2, 0.25) is 0 Å². The third-order valence-electron chi connectivity index (χ3n) is 5.97. The van der Waals surface area contributed by atoms with Gasteiger partial charge in [-0.05, 0) is 51.4 Å². The zero-order chi connectivity index (χ0) is 26.2. The Kier molecular flexibility index (Phi) is 29.4. The van der Waals surface area contributed by atoms with E-state index in [-0.39, 0.29) is 55.8 Å². The summed E-state index contributed by atoms with van der Waals surface area (Å²) in [5, 5.41) is 0. The number of esters is 2. The Bertz CT molecular complexity index is 414. The first-order chi connectivity index (χ1) is 15.7. The third kappa shape index (κ3) is 20.3. The average molecular weight is 614 g/mol. The van der Waals surface area contributed by atoms with Crippen molar-refractivity contribution in [3.05, 3.63) is 0 Å². The fourth-order valence-electron chi connectivity index (χ4n) is 3.54. The number of thiol groups is 2. The summed E-state index contributed by atoms with van der Waals surface area (Å²) in [5.74, 6) is -0.0394. The number of hydrogen-bond acceptors (Lipinski definition) is 6. The molecule has 0 aliphatic heterocycles. The van der Waals surface area contributed by atoms with Crippen molar-refractivity contribution in [1.82, 2.24) is 0 Å². The van der Waals surface area contributed by atoms with Gasteiger partial charge in [-0.1, -0.05) is 67.2 Å². The Morgan fingerprint density at radius 1 is 0.636 bits per heavy atom. The van der Waals surface area contributed by atoms with E-state index in [0.29, 0.717) is 0 Å². The van der Waals surface area contributed by atoms with Crippen molar-refractivity contribution in [2.24, 2.45) is 0 Å². The SMILES string of the molecule is CCCCCC(CC)(CC)OC(=O)CS.CCCCCC(CC)(CC)OC(=O)CS.[CH3][Sn][CH3]. The van der Waals surface area contributed by atoms with Gasteiger partial charge in [0, 0.05) is 0 Å². The van der Waals surface area contributed by atoms with Crippen molar-refractivity contribution in [2.45, 2.75) is 140 Å². The summed E-state index contributed by atoms with van der Waals surface area (Å²) in [6.45, 7) is 12.7. The third-order valence-corrected chi connectivity index (χ3v) is 6.48. The van der Waals surface area contributed by atoms with Crippen molar-refractivity contribution in [1.29, 1.82) is 0 Å². The van der Waals surface area contributed by atoms with Crippen LogP contribution in [0.15, 0.2) is 0 Å². The molecular weight excluding hydrogens is 559 g/mol. The van der Waals surface area contributed by atoms with Crippen LogP contribution >= 0.6 is 25.3 Å². The fraction of sp³-hybridized carbons (Fsp3) is 0.923. The first-order valence-corrected chi connectivity index (χ1v) is 19.9. The molecule has 7 heteroatoms. The Morgan fingerprint density at radius 2 is 0.909 bits per heavy atom. The van der Waals surface area contributed by atoms with E-state index >= 15 is 0 Å². The molecule has 0 aromatic carbocycles. The van der Waals surface area contributed by atoms with Crippen LogP contribution in [0.25, 0.3) is 0 Å². The minimum absolute atomic E-state index is 0.176. The molecule has 4 nitrogen and oxygen atoms in total. The van der Waals surface area contributed by atoms with Gasteiger partial charge in [-0.3, -0.25) is 9.59 Å². The molecule has 0 saturated heterocycles. The normalized spacial score (nSPS) is 11.0. The van der Waals surface area contributed by atoms with Crippen molar-refractivity contribution in [3.63, 3.8) is 0 Å². The molecule has 0 aliphatic carbocycles. The zero-order valence-corrected chi connectivity index (χ0v) is 27.6. The molecule has 33 heavy (non-hydrogen) atoms. The molecule has 198 valence electrons. The molecule has 0 N–H and O–H groups in total. The number of carbonyl (C=O) groups excluding carboxylic acids is 2. The molecule has 0 unspecified atom stereocenters. The van der Waals surface area contributed by atoms with Crippen molar-refractivity contribution < 1.29 is 19.1 Å². The van der Waals surface area contributed by atoms with Gasteiger partial charge in [0.15, 0.2) is 0 Å². The Labute approximate surface area is 227 Å². The summed E-state index contributed by atoms with van der Waals surface area (Å²) in [6.07, 6.45) is 12.6. The summed E-state index contributed by atoms with van der Waals surface area (Å²) in [7, 11) is 0. The van der Waals surface area contributed by atoms with E-state index in [1.54, 1.807) is 0 Å². The molecule has 0 atom stereocenters. The van der Waals surface area contributed by atoms with Crippen LogP contribution in [0.1, 0.15) is 119 Å². The van der Waals surface area contributed by atoms with Crippen LogP contribution in [0.5, 0.6) is 0 Å².